The van der Waals surface area contributed by atoms with Gasteiger partial charge in [0.05, 0.1) is 23.2 Å². The fourth-order valence-corrected chi connectivity index (χ4v) is 4.28. The highest BCUT2D eigenvalue weighted by molar-refractivity contribution is 6.06. The first kappa shape index (κ1) is 29.1. The van der Waals surface area contributed by atoms with Crippen molar-refractivity contribution in [3.8, 4) is 0 Å². The molecule has 196 valence electrons. The van der Waals surface area contributed by atoms with Crippen molar-refractivity contribution in [3.05, 3.63) is 77.8 Å². The van der Waals surface area contributed by atoms with Gasteiger partial charge in [0.2, 0.25) is 5.91 Å². The van der Waals surface area contributed by atoms with E-state index in [-0.39, 0.29) is 17.9 Å². The molecule has 0 unspecified atom stereocenters. The fraction of sp³-hybridized carbons (Fsp3) is 0.467. The number of ether oxygens (including phenoxy) is 1. The molecule has 0 bridgehead atoms. The summed E-state index contributed by atoms with van der Waals surface area (Å²) in [4.78, 5) is 19.5. The molecular formula is C30H44N4O2. The first-order chi connectivity index (χ1) is 17.4. The largest absolute Gasteiger partial charge is 0.403 e. The summed E-state index contributed by atoms with van der Waals surface area (Å²) in [6.07, 6.45) is 17.8. The second kappa shape index (κ2) is 15.8. The lowest BCUT2D eigenvalue weighted by molar-refractivity contribution is -0.135. The summed E-state index contributed by atoms with van der Waals surface area (Å²) in [6, 6.07) is 8.08. The van der Waals surface area contributed by atoms with Gasteiger partial charge in [-0.1, -0.05) is 56.5 Å². The summed E-state index contributed by atoms with van der Waals surface area (Å²) in [5, 5.41) is 3.39. The Morgan fingerprint density at radius 2 is 1.94 bits per heavy atom. The first-order valence-electron chi connectivity index (χ1n) is 13.1. The molecule has 6 heteroatoms. The van der Waals surface area contributed by atoms with Crippen LogP contribution in [0.15, 0.2) is 77.2 Å². The minimum absolute atomic E-state index is 0.182. The highest BCUT2D eigenvalue weighted by Gasteiger charge is 2.24. The van der Waals surface area contributed by atoms with E-state index >= 15 is 0 Å². The topological polar surface area (TPSA) is 80.0 Å². The van der Waals surface area contributed by atoms with Gasteiger partial charge in [0, 0.05) is 38.5 Å². The van der Waals surface area contributed by atoms with Crippen molar-refractivity contribution in [3.63, 3.8) is 0 Å². The average Bonchev–Trinajstić information content (AvgIpc) is 2.91. The second-order valence-corrected chi connectivity index (χ2v) is 9.23. The van der Waals surface area contributed by atoms with Crippen LogP contribution >= 0.6 is 0 Å². The fourth-order valence-electron chi connectivity index (χ4n) is 4.28. The molecule has 1 aromatic carbocycles. The lowest BCUT2D eigenvalue weighted by atomic mass is 9.88. The van der Waals surface area contributed by atoms with Gasteiger partial charge in [0.25, 0.3) is 0 Å². The van der Waals surface area contributed by atoms with Crippen LogP contribution in [0.4, 0.5) is 5.69 Å². The molecule has 1 amide bonds. The van der Waals surface area contributed by atoms with E-state index in [9.17, 15) is 4.79 Å². The normalized spacial score (nSPS) is 17.1. The zero-order valence-corrected chi connectivity index (χ0v) is 22.7. The Labute approximate surface area is 217 Å². The third kappa shape index (κ3) is 9.15. The van der Waals surface area contributed by atoms with Crippen molar-refractivity contribution in [1.29, 1.82) is 0 Å². The summed E-state index contributed by atoms with van der Waals surface area (Å²) in [7, 11) is 3.56. The third-order valence-electron chi connectivity index (χ3n) is 6.39. The van der Waals surface area contributed by atoms with Crippen LogP contribution in [0.2, 0.25) is 0 Å². The Kier molecular flexibility index (Phi) is 12.8. The average molecular weight is 493 g/mol. The van der Waals surface area contributed by atoms with Gasteiger partial charge < -0.3 is 20.7 Å². The summed E-state index contributed by atoms with van der Waals surface area (Å²) in [5.74, 6) is 0.444. The number of nitrogens with two attached hydrogens (primary N) is 1. The molecular weight excluding hydrogens is 448 g/mol. The number of methoxy groups -OCH3 is 1. The van der Waals surface area contributed by atoms with Crippen LogP contribution < -0.4 is 11.1 Å². The first-order valence-corrected chi connectivity index (χ1v) is 13.1. The van der Waals surface area contributed by atoms with Gasteiger partial charge in [-0.15, -0.1) is 0 Å². The summed E-state index contributed by atoms with van der Waals surface area (Å²) < 4.78 is 5.60. The van der Waals surface area contributed by atoms with Gasteiger partial charge in [-0.2, -0.15) is 0 Å². The third-order valence-corrected chi connectivity index (χ3v) is 6.39. The summed E-state index contributed by atoms with van der Waals surface area (Å²) >= 11 is 0. The van der Waals surface area contributed by atoms with Crippen LogP contribution in [0, 0.1) is 5.92 Å². The molecule has 1 saturated carbocycles. The molecule has 0 spiro atoms. The SMILES string of the molecule is C\C=C/C(=C\C=C\CC)/N=C(/C(=C\N)Nc1ccc(CN(C)C(=O)C2CCCCC2)cc1)[C@H](C)OC. The molecule has 0 saturated heterocycles. The molecule has 1 aromatic rings. The molecule has 0 heterocycles. The molecule has 0 aromatic heterocycles. The van der Waals surface area contributed by atoms with Crippen LogP contribution in [0.25, 0.3) is 0 Å². The van der Waals surface area contributed by atoms with Gasteiger partial charge in [0.1, 0.15) is 0 Å². The Morgan fingerprint density at radius 3 is 2.53 bits per heavy atom. The van der Waals surface area contributed by atoms with E-state index in [4.69, 9.17) is 15.5 Å². The Hall–Kier alpha value is -3.12. The van der Waals surface area contributed by atoms with Gasteiger partial charge in [0.15, 0.2) is 0 Å². The smallest absolute Gasteiger partial charge is 0.225 e. The number of hydrogen-bond donors (Lipinski definition) is 2. The number of carbonyl (C=O) groups is 1. The van der Waals surface area contributed by atoms with Crippen molar-refractivity contribution in [2.24, 2.45) is 16.6 Å². The van der Waals surface area contributed by atoms with Gasteiger partial charge >= 0.3 is 0 Å². The van der Waals surface area contributed by atoms with Crippen molar-refractivity contribution in [2.75, 3.05) is 19.5 Å². The zero-order chi connectivity index (χ0) is 26.3. The van der Waals surface area contributed by atoms with E-state index in [0.29, 0.717) is 18.0 Å². The maximum absolute atomic E-state index is 12.8. The van der Waals surface area contributed by atoms with Gasteiger partial charge in [-0.3, -0.25) is 4.79 Å². The van der Waals surface area contributed by atoms with Crippen LogP contribution in [0.1, 0.15) is 64.9 Å². The molecule has 6 nitrogen and oxygen atoms in total. The van der Waals surface area contributed by atoms with Gasteiger partial charge in [-0.25, -0.2) is 4.99 Å². The van der Waals surface area contributed by atoms with E-state index in [1.54, 1.807) is 7.11 Å². The van der Waals surface area contributed by atoms with Crippen LogP contribution in [0.5, 0.6) is 0 Å². The molecule has 1 fully saturated rings. The van der Waals surface area contributed by atoms with E-state index in [0.717, 1.165) is 49.1 Å². The minimum Gasteiger partial charge on any atom is -0.403 e. The Bertz CT molecular complexity index is 967. The maximum Gasteiger partial charge on any atom is 0.225 e. The highest BCUT2D eigenvalue weighted by Crippen LogP contribution is 2.26. The predicted molar refractivity (Wildman–Crippen MR) is 152 cm³/mol. The number of benzene rings is 1. The number of hydrogen-bond acceptors (Lipinski definition) is 5. The molecule has 2 rings (SSSR count). The summed E-state index contributed by atoms with van der Waals surface area (Å²) in [6.45, 7) is 6.61. The van der Waals surface area contributed by atoms with Crippen molar-refractivity contribution in [1.82, 2.24) is 4.90 Å². The predicted octanol–water partition coefficient (Wildman–Crippen LogP) is 6.34. The van der Waals surface area contributed by atoms with Gasteiger partial charge in [-0.05, 0) is 63.0 Å². The number of carbonyl (C=O) groups excluding carboxylic acids is 1. The molecule has 0 radical (unpaired) electrons. The molecule has 36 heavy (non-hydrogen) atoms. The number of anilines is 1. The van der Waals surface area contributed by atoms with E-state index in [1.807, 2.05) is 74.4 Å². The van der Waals surface area contributed by atoms with Crippen molar-refractivity contribution >= 4 is 17.3 Å². The number of nitrogens with zero attached hydrogens (tertiary/aromatic N) is 2. The Morgan fingerprint density at radius 1 is 1.25 bits per heavy atom. The molecule has 1 aliphatic rings. The molecule has 0 aliphatic heterocycles. The van der Waals surface area contributed by atoms with Crippen LogP contribution in [-0.2, 0) is 16.1 Å². The quantitative estimate of drug-likeness (QED) is 0.264. The van der Waals surface area contributed by atoms with E-state index < -0.39 is 0 Å². The Balaban J connectivity index is 2.16. The number of nitrogens with one attached hydrogen (secondary N) is 1. The van der Waals surface area contributed by atoms with Crippen molar-refractivity contribution in [2.45, 2.75) is 71.9 Å². The zero-order valence-electron chi connectivity index (χ0n) is 22.7. The molecule has 3 N–H and O–H groups in total. The van der Waals surface area contributed by atoms with E-state index in [1.165, 1.54) is 12.6 Å². The molecule has 1 aliphatic carbocycles. The number of rotatable bonds is 12. The number of amides is 1. The molecule has 1 atom stereocenters. The van der Waals surface area contributed by atoms with E-state index in [2.05, 4.69) is 18.3 Å². The van der Waals surface area contributed by atoms with Crippen LogP contribution in [-0.4, -0.2) is 36.8 Å². The minimum atomic E-state index is -0.269. The number of aliphatic imine (C=N–C) groups is 1. The highest BCUT2D eigenvalue weighted by atomic mass is 16.5. The summed E-state index contributed by atoms with van der Waals surface area (Å²) in [5.41, 5.74) is 10.2. The second-order valence-electron chi connectivity index (χ2n) is 9.23. The number of allylic oxidation sites excluding steroid dienone is 5. The monoisotopic (exact) mass is 492 g/mol. The van der Waals surface area contributed by atoms with Crippen LogP contribution in [0.3, 0.4) is 0 Å². The van der Waals surface area contributed by atoms with Crippen molar-refractivity contribution < 1.29 is 9.53 Å². The lowest BCUT2D eigenvalue weighted by Crippen LogP contribution is -2.33. The standard InChI is InChI=1S/C30H44N4O2/c1-6-8-10-16-26(13-7-2)33-29(23(3)36-5)28(21-31)32-27-19-17-24(18-20-27)22-34(4)30(35)25-14-11-9-12-15-25/h7-8,10,13,16-21,23,25,32H,6,9,11-12,14-15,22,31H2,1-5H3/b10-8+,13-7-,26-16+,28-21+,33-29+/t23-/m0/s1. The lowest BCUT2D eigenvalue weighted by Gasteiger charge is -2.26. The maximum atomic E-state index is 12.8.